The van der Waals surface area contributed by atoms with Crippen molar-refractivity contribution in [3.05, 3.63) is 112 Å². The number of hydrogen-bond acceptors (Lipinski definition) is 4. The molecule has 0 saturated heterocycles. The summed E-state index contributed by atoms with van der Waals surface area (Å²) in [5.74, 6) is -0.673. The van der Waals surface area contributed by atoms with E-state index in [1.807, 2.05) is 48.5 Å². The molecule has 0 radical (unpaired) electrons. The van der Waals surface area contributed by atoms with Crippen LogP contribution in [0.15, 0.2) is 91.0 Å². The molecule has 1 unspecified atom stereocenters. The largest absolute Gasteiger partial charge is 0.351 e. The number of nitro benzene ring substituents is 1. The fraction of sp³-hybridized carbons (Fsp3) is 0.241. The Bertz CT molecular complexity index is 1200. The SMILES string of the molecule is O=C(NC1CCCCC1)C(c1ccc([N+](=O)[O-])cc1)N(C(=O)/C=C/c1ccccc1)c1ccccc1. The smallest absolute Gasteiger partial charge is 0.269 e. The average molecular weight is 484 g/mol. The second-order valence-corrected chi connectivity index (χ2v) is 8.88. The fourth-order valence-corrected chi connectivity index (χ4v) is 4.53. The zero-order chi connectivity index (χ0) is 25.3. The van der Waals surface area contributed by atoms with Gasteiger partial charge in [-0.2, -0.15) is 0 Å². The van der Waals surface area contributed by atoms with Crippen molar-refractivity contribution in [2.75, 3.05) is 4.90 Å². The molecule has 36 heavy (non-hydrogen) atoms. The monoisotopic (exact) mass is 483 g/mol. The molecule has 3 aromatic rings. The molecular weight excluding hydrogens is 454 g/mol. The van der Waals surface area contributed by atoms with Crippen molar-refractivity contribution in [3.63, 3.8) is 0 Å². The summed E-state index contributed by atoms with van der Waals surface area (Å²) < 4.78 is 0. The van der Waals surface area contributed by atoms with Crippen molar-refractivity contribution < 1.29 is 14.5 Å². The van der Waals surface area contributed by atoms with Crippen molar-refractivity contribution in [3.8, 4) is 0 Å². The third kappa shape index (κ3) is 6.24. The van der Waals surface area contributed by atoms with E-state index >= 15 is 0 Å². The van der Waals surface area contributed by atoms with Gasteiger partial charge in [-0.3, -0.25) is 24.6 Å². The minimum atomic E-state index is -0.997. The summed E-state index contributed by atoms with van der Waals surface area (Å²) in [5, 5.41) is 14.4. The molecule has 7 nitrogen and oxygen atoms in total. The van der Waals surface area contributed by atoms with Gasteiger partial charge in [-0.05, 0) is 54.3 Å². The van der Waals surface area contributed by atoms with Gasteiger partial charge in [-0.15, -0.1) is 0 Å². The Morgan fingerprint density at radius 2 is 1.50 bits per heavy atom. The number of carbonyl (C=O) groups is 2. The number of nitro groups is 1. The number of anilines is 1. The van der Waals surface area contributed by atoms with Crippen LogP contribution in [-0.4, -0.2) is 22.8 Å². The highest BCUT2D eigenvalue weighted by Crippen LogP contribution is 2.30. The molecule has 184 valence electrons. The Morgan fingerprint density at radius 1 is 0.889 bits per heavy atom. The van der Waals surface area contributed by atoms with Crippen LogP contribution in [0.3, 0.4) is 0 Å². The summed E-state index contributed by atoms with van der Waals surface area (Å²) in [6.07, 6.45) is 8.20. The first-order chi connectivity index (χ1) is 17.5. The van der Waals surface area contributed by atoms with Gasteiger partial charge in [-0.1, -0.05) is 67.8 Å². The van der Waals surface area contributed by atoms with E-state index < -0.39 is 11.0 Å². The molecule has 0 aromatic heterocycles. The van der Waals surface area contributed by atoms with Crippen molar-refractivity contribution in [2.45, 2.75) is 44.2 Å². The minimum Gasteiger partial charge on any atom is -0.351 e. The molecule has 3 aromatic carbocycles. The molecule has 0 heterocycles. The van der Waals surface area contributed by atoms with Gasteiger partial charge in [0.2, 0.25) is 5.91 Å². The lowest BCUT2D eigenvalue weighted by Gasteiger charge is -2.33. The van der Waals surface area contributed by atoms with E-state index in [0.717, 1.165) is 37.7 Å². The minimum absolute atomic E-state index is 0.0411. The Labute approximate surface area is 210 Å². The van der Waals surface area contributed by atoms with Gasteiger partial charge in [0.25, 0.3) is 11.6 Å². The predicted octanol–water partition coefficient (Wildman–Crippen LogP) is 5.83. The van der Waals surface area contributed by atoms with Crippen LogP contribution in [0, 0.1) is 10.1 Å². The number of carbonyl (C=O) groups excluding carboxylic acids is 2. The van der Waals surface area contributed by atoms with Crippen molar-refractivity contribution in [1.82, 2.24) is 5.32 Å². The number of amides is 2. The van der Waals surface area contributed by atoms with Crippen molar-refractivity contribution in [1.29, 1.82) is 0 Å². The van der Waals surface area contributed by atoms with Crippen molar-refractivity contribution in [2.24, 2.45) is 0 Å². The van der Waals surface area contributed by atoms with Gasteiger partial charge < -0.3 is 5.32 Å². The molecule has 1 N–H and O–H groups in total. The molecule has 1 aliphatic carbocycles. The predicted molar refractivity (Wildman–Crippen MR) is 140 cm³/mol. The highest BCUT2D eigenvalue weighted by Gasteiger charge is 2.33. The number of para-hydroxylation sites is 1. The topological polar surface area (TPSA) is 92.5 Å². The summed E-state index contributed by atoms with van der Waals surface area (Å²) in [6.45, 7) is 0. The highest BCUT2D eigenvalue weighted by atomic mass is 16.6. The van der Waals surface area contributed by atoms with E-state index in [9.17, 15) is 19.7 Å². The van der Waals surface area contributed by atoms with Gasteiger partial charge in [0.15, 0.2) is 0 Å². The molecule has 1 fully saturated rings. The van der Waals surface area contributed by atoms with Crippen molar-refractivity contribution >= 4 is 29.3 Å². The van der Waals surface area contributed by atoms with Gasteiger partial charge in [-0.25, -0.2) is 0 Å². The molecule has 2 amide bonds. The van der Waals surface area contributed by atoms with Gasteiger partial charge in [0, 0.05) is 29.9 Å². The van der Waals surface area contributed by atoms with E-state index in [-0.39, 0.29) is 23.5 Å². The Hall–Kier alpha value is -4.26. The normalized spacial score (nSPS) is 14.8. The van der Waals surface area contributed by atoms with Crippen LogP contribution >= 0.6 is 0 Å². The quantitative estimate of drug-likeness (QED) is 0.248. The van der Waals surface area contributed by atoms with E-state index in [2.05, 4.69) is 5.32 Å². The van der Waals surface area contributed by atoms with E-state index in [0.29, 0.717) is 11.3 Å². The van der Waals surface area contributed by atoms with Gasteiger partial charge in [0.05, 0.1) is 4.92 Å². The zero-order valence-corrected chi connectivity index (χ0v) is 20.0. The summed E-state index contributed by atoms with van der Waals surface area (Å²) >= 11 is 0. The number of nitrogens with one attached hydrogen (secondary N) is 1. The molecule has 1 saturated carbocycles. The Balaban J connectivity index is 1.74. The third-order valence-electron chi connectivity index (χ3n) is 6.37. The molecule has 0 spiro atoms. The molecule has 7 heteroatoms. The number of rotatable bonds is 8. The maximum atomic E-state index is 13.8. The van der Waals surface area contributed by atoms with E-state index in [1.165, 1.54) is 23.1 Å². The van der Waals surface area contributed by atoms with E-state index in [4.69, 9.17) is 0 Å². The molecule has 0 bridgehead atoms. The highest BCUT2D eigenvalue weighted by molar-refractivity contribution is 6.08. The third-order valence-corrected chi connectivity index (χ3v) is 6.37. The first kappa shape index (κ1) is 24.9. The average Bonchev–Trinajstić information content (AvgIpc) is 2.92. The lowest BCUT2D eigenvalue weighted by atomic mass is 9.94. The van der Waals surface area contributed by atoms with E-state index in [1.54, 1.807) is 30.3 Å². The second-order valence-electron chi connectivity index (χ2n) is 8.88. The van der Waals surface area contributed by atoms with Crippen LogP contribution in [0.1, 0.15) is 49.3 Å². The zero-order valence-electron chi connectivity index (χ0n) is 20.0. The fourth-order valence-electron chi connectivity index (χ4n) is 4.53. The molecule has 1 atom stereocenters. The molecule has 0 aliphatic heterocycles. The Kier molecular flexibility index (Phi) is 8.24. The second kappa shape index (κ2) is 11.9. The Morgan fingerprint density at radius 3 is 2.11 bits per heavy atom. The van der Waals surface area contributed by atoms with Crippen LogP contribution in [0.4, 0.5) is 11.4 Å². The lowest BCUT2D eigenvalue weighted by molar-refractivity contribution is -0.384. The number of benzene rings is 3. The standard InChI is InChI=1S/C29H29N3O4/c33-27(21-16-22-10-4-1-5-11-22)31(25-14-8-3-9-15-25)28(23-17-19-26(20-18-23)32(35)36)29(34)30-24-12-6-2-7-13-24/h1,3-5,8-11,14-21,24,28H,2,6-7,12-13H2,(H,30,34)/b21-16+. The van der Waals surface area contributed by atoms with Crippen LogP contribution in [0.5, 0.6) is 0 Å². The van der Waals surface area contributed by atoms with Crippen LogP contribution < -0.4 is 10.2 Å². The van der Waals surface area contributed by atoms with Crippen LogP contribution in [0.25, 0.3) is 6.08 Å². The summed E-state index contributed by atoms with van der Waals surface area (Å²) in [6, 6.07) is 23.3. The number of hydrogen-bond donors (Lipinski definition) is 1. The first-order valence-electron chi connectivity index (χ1n) is 12.2. The first-order valence-corrected chi connectivity index (χ1v) is 12.2. The summed E-state index contributed by atoms with van der Waals surface area (Å²) in [4.78, 5) is 39.6. The van der Waals surface area contributed by atoms with Gasteiger partial charge in [0.1, 0.15) is 6.04 Å². The number of non-ortho nitro benzene ring substituents is 1. The van der Waals surface area contributed by atoms with Gasteiger partial charge >= 0.3 is 0 Å². The lowest BCUT2D eigenvalue weighted by Crippen LogP contribution is -2.47. The number of nitrogens with zero attached hydrogens (tertiary/aromatic N) is 2. The summed E-state index contributed by atoms with van der Waals surface area (Å²) in [7, 11) is 0. The van der Waals surface area contributed by atoms with Crippen LogP contribution in [-0.2, 0) is 9.59 Å². The summed E-state index contributed by atoms with van der Waals surface area (Å²) in [5.41, 5.74) is 1.84. The maximum absolute atomic E-state index is 13.8. The van der Waals surface area contributed by atoms with Crippen LogP contribution in [0.2, 0.25) is 0 Å². The molecule has 4 rings (SSSR count). The maximum Gasteiger partial charge on any atom is 0.269 e. The molecule has 1 aliphatic rings. The molecular formula is C29H29N3O4.